The molecule has 0 radical (unpaired) electrons. The Hall–Kier alpha value is 0.110. The zero-order chi connectivity index (χ0) is 13.9. The van der Waals surface area contributed by atoms with E-state index in [0.717, 1.165) is 0 Å². The number of ether oxygens (including phenoxy) is 1. The molecule has 0 saturated carbocycles. The van der Waals surface area contributed by atoms with Crippen molar-refractivity contribution in [1.82, 2.24) is 0 Å². The summed E-state index contributed by atoms with van der Waals surface area (Å²) >= 11 is 0. The summed E-state index contributed by atoms with van der Waals surface area (Å²) in [7, 11) is -3.61. The van der Waals surface area contributed by atoms with E-state index in [1.54, 1.807) is 20.8 Å². The van der Waals surface area contributed by atoms with Gasteiger partial charge in [-0.2, -0.15) is 0 Å². The van der Waals surface area contributed by atoms with Crippen LogP contribution in [-0.4, -0.2) is 28.4 Å². The molecule has 104 valence electrons. The monoisotopic (exact) mass is 266 g/mol. The predicted molar refractivity (Wildman–Crippen MR) is 70.4 cm³/mol. The fourth-order valence-electron chi connectivity index (χ4n) is 0.926. The lowest BCUT2D eigenvalue weighted by molar-refractivity contribution is -0.0452. The Morgan fingerprint density at radius 1 is 1.18 bits per heavy atom. The van der Waals surface area contributed by atoms with Crippen LogP contribution in [0.4, 0.5) is 0 Å². The molecule has 0 amide bonds. The molecular weight excluding hydrogens is 239 g/mol. The summed E-state index contributed by atoms with van der Waals surface area (Å²) in [5.41, 5.74) is -0.266. The number of hydrogen-bond acceptors (Lipinski definition) is 3. The SMILES string of the molecule is CCC(COC(C)(C)C)OP(=O)(O)C(C)(C)C. The summed E-state index contributed by atoms with van der Waals surface area (Å²) in [6, 6.07) is 0. The summed E-state index contributed by atoms with van der Waals surface area (Å²) in [6.07, 6.45) is 0.306. The maximum atomic E-state index is 12.0. The first-order valence-corrected chi connectivity index (χ1v) is 7.62. The summed E-state index contributed by atoms with van der Waals surface area (Å²) < 4.78 is 22.9. The third kappa shape index (κ3) is 6.56. The van der Waals surface area contributed by atoms with Gasteiger partial charge in [-0.05, 0) is 48.0 Å². The van der Waals surface area contributed by atoms with Crippen molar-refractivity contribution in [3.63, 3.8) is 0 Å². The quantitative estimate of drug-likeness (QED) is 0.773. The van der Waals surface area contributed by atoms with E-state index < -0.39 is 12.8 Å². The molecule has 0 bridgehead atoms. The molecule has 2 atom stereocenters. The molecule has 0 aromatic heterocycles. The molecule has 0 rings (SSSR count). The first-order valence-electron chi connectivity index (χ1n) is 6.04. The average Bonchev–Trinajstić information content (AvgIpc) is 2.08. The molecule has 0 aliphatic carbocycles. The Kier molecular flexibility index (Phi) is 5.87. The van der Waals surface area contributed by atoms with Crippen molar-refractivity contribution in [3.05, 3.63) is 0 Å². The molecule has 0 aliphatic rings. The van der Waals surface area contributed by atoms with Gasteiger partial charge in [-0.25, -0.2) is 0 Å². The molecule has 0 saturated heterocycles. The molecule has 2 unspecified atom stereocenters. The minimum atomic E-state index is -3.61. The Morgan fingerprint density at radius 2 is 1.65 bits per heavy atom. The smallest absolute Gasteiger partial charge is 0.333 e. The van der Waals surface area contributed by atoms with E-state index in [9.17, 15) is 9.46 Å². The van der Waals surface area contributed by atoms with Crippen LogP contribution in [-0.2, 0) is 13.8 Å². The molecule has 0 aromatic carbocycles. The molecule has 0 spiro atoms. The Labute approximate surface area is 105 Å². The molecular formula is C12H27O4P. The lowest BCUT2D eigenvalue weighted by atomic mass is 10.2. The van der Waals surface area contributed by atoms with Crippen LogP contribution in [0.1, 0.15) is 54.9 Å². The number of rotatable bonds is 5. The third-order valence-corrected chi connectivity index (χ3v) is 4.58. The first kappa shape index (κ1) is 17.1. The van der Waals surface area contributed by atoms with E-state index in [1.807, 2.05) is 27.7 Å². The molecule has 0 aromatic rings. The maximum Gasteiger partial charge on any atom is 0.333 e. The van der Waals surface area contributed by atoms with Crippen molar-refractivity contribution in [2.75, 3.05) is 6.61 Å². The standard InChI is InChI=1S/C12H27O4P/c1-8-10(9-15-11(2,3)4)16-17(13,14)12(5,6)7/h10H,8-9H2,1-7H3,(H,13,14). The van der Waals surface area contributed by atoms with Crippen molar-refractivity contribution in [2.24, 2.45) is 0 Å². The van der Waals surface area contributed by atoms with Crippen LogP contribution in [0.25, 0.3) is 0 Å². The average molecular weight is 266 g/mol. The minimum absolute atomic E-state index is 0.266. The van der Waals surface area contributed by atoms with Crippen LogP contribution in [0.15, 0.2) is 0 Å². The summed E-state index contributed by atoms with van der Waals surface area (Å²) in [5.74, 6) is 0. The molecule has 1 N–H and O–H groups in total. The lowest BCUT2D eigenvalue weighted by Gasteiger charge is -2.30. The predicted octanol–water partition coefficient (Wildman–Crippen LogP) is 3.58. The zero-order valence-corrected chi connectivity index (χ0v) is 13.0. The van der Waals surface area contributed by atoms with Gasteiger partial charge in [-0.3, -0.25) is 4.57 Å². The summed E-state index contributed by atoms with van der Waals surface area (Å²) in [6.45, 7) is 13.2. The normalized spacial score (nSPS) is 18.8. The molecule has 0 fully saturated rings. The zero-order valence-electron chi connectivity index (χ0n) is 12.1. The van der Waals surface area contributed by atoms with Crippen LogP contribution >= 0.6 is 7.60 Å². The minimum Gasteiger partial charge on any atom is -0.373 e. The largest absolute Gasteiger partial charge is 0.373 e. The second-order valence-corrected chi connectivity index (χ2v) is 8.84. The summed E-state index contributed by atoms with van der Waals surface area (Å²) in [4.78, 5) is 9.86. The van der Waals surface area contributed by atoms with Gasteiger partial charge in [0.1, 0.15) is 0 Å². The highest BCUT2D eigenvalue weighted by Gasteiger charge is 2.38. The van der Waals surface area contributed by atoms with Crippen LogP contribution in [0.3, 0.4) is 0 Å². The highest BCUT2D eigenvalue weighted by molar-refractivity contribution is 7.54. The van der Waals surface area contributed by atoms with Gasteiger partial charge < -0.3 is 14.2 Å². The van der Waals surface area contributed by atoms with Gasteiger partial charge in [0.05, 0.1) is 23.5 Å². The van der Waals surface area contributed by atoms with E-state index in [4.69, 9.17) is 9.26 Å². The van der Waals surface area contributed by atoms with E-state index in [1.165, 1.54) is 0 Å². The van der Waals surface area contributed by atoms with Crippen molar-refractivity contribution < 1.29 is 18.7 Å². The van der Waals surface area contributed by atoms with Gasteiger partial charge in [0, 0.05) is 0 Å². The van der Waals surface area contributed by atoms with E-state index >= 15 is 0 Å². The highest BCUT2D eigenvalue weighted by Crippen LogP contribution is 2.55. The van der Waals surface area contributed by atoms with E-state index in [-0.39, 0.29) is 11.7 Å². The van der Waals surface area contributed by atoms with Gasteiger partial charge in [0.25, 0.3) is 0 Å². The Morgan fingerprint density at radius 3 is 1.94 bits per heavy atom. The Balaban J connectivity index is 4.47. The van der Waals surface area contributed by atoms with E-state index in [2.05, 4.69) is 0 Å². The van der Waals surface area contributed by atoms with E-state index in [0.29, 0.717) is 13.0 Å². The Bertz CT molecular complexity index is 275. The van der Waals surface area contributed by atoms with Crippen molar-refractivity contribution in [1.29, 1.82) is 0 Å². The van der Waals surface area contributed by atoms with Crippen molar-refractivity contribution in [3.8, 4) is 0 Å². The fourth-order valence-corrected chi connectivity index (χ4v) is 1.86. The molecule has 0 heterocycles. The van der Waals surface area contributed by atoms with Gasteiger partial charge in [0.15, 0.2) is 0 Å². The topological polar surface area (TPSA) is 55.8 Å². The number of hydrogen-bond donors (Lipinski definition) is 1. The van der Waals surface area contributed by atoms with Gasteiger partial charge in [0.2, 0.25) is 0 Å². The second kappa shape index (κ2) is 5.83. The van der Waals surface area contributed by atoms with Gasteiger partial charge in [-0.15, -0.1) is 0 Å². The van der Waals surface area contributed by atoms with Crippen molar-refractivity contribution in [2.45, 2.75) is 71.7 Å². The lowest BCUT2D eigenvalue weighted by Crippen LogP contribution is -2.29. The van der Waals surface area contributed by atoms with Gasteiger partial charge in [-0.1, -0.05) is 6.92 Å². The van der Waals surface area contributed by atoms with Crippen LogP contribution < -0.4 is 0 Å². The second-order valence-electron chi connectivity index (χ2n) is 6.25. The molecule has 0 aliphatic heterocycles. The van der Waals surface area contributed by atoms with Gasteiger partial charge >= 0.3 is 7.60 Å². The molecule has 17 heavy (non-hydrogen) atoms. The van der Waals surface area contributed by atoms with Crippen LogP contribution in [0.2, 0.25) is 0 Å². The maximum absolute atomic E-state index is 12.0. The van der Waals surface area contributed by atoms with Crippen LogP contribution in [0, 0.1) is 0 Å². The van der Waals surface area contributed by atoms with Crippen molar-refractivity contribution >= 4 is 7.60 Å². The molecule has 5 heteroatoms. The molecule has 4 nitrogen and oxygen atoms in total. The third-order valence-electron chi connectivity index (χ3n) is 2.30. The fraction of sp³-hybridized carbons (Fsp3) is 1.00. The summed E-state index contributed by atoms with van der Waals surface area (Å²) in [5, 5.41) is -0.762. The first-order chi connectivity index (χ1) is 7.39. The van der Waals surface area contributed by atoms with Crippen LogP contribution in [0.5, 0.6) is 0 Å². The highest BCUT2D eigenvalue weighted by atomic mass is 31.2.